The van der Waals surface area contributed by atoms with Crippen molar-refractivity contribution in [3.8, 4) is 0 Å². The van der Waals surface area contributed by atoms with E-state index in [0.29, 0.717) is 131 Å². The molecule has 0 heterocycles. The summed E-state index contributed by atoms with van der Waals surface area (Å²) in [5, 5.41) is 33.9. The van der Waals surface area contributed by atoms with Crippen molar-refractivity contribution >= 4 is 58.8 Å². The lowest BCUT2D eigenvalue weighted by molar-refractivity contribution is -0.144. The fourth-order valence-corrected chi connectivity index (χ4v) is 11.4. The topological polar surface area (TPSA) is 374 Å². The van der Waals surface area contributed by atoms with Crippen LogP contribution in [0.1, 0.15) is 223 Å². The zero-order chi connectivity index (χ0) is 72.6. The first-order valence-electron chi connectivity index (χ1n) is 37.3. The van der Waals surface area contributed by atoms with E-state index in [1.807, 2.05) is 13.8 Å². The highest BCUT2D eigenvalue weighted by Crippen LogP contribution is 2.40. The molecule has 25 heteroatoms. The van der Waals surface area contributed by atoms with Crippen molar-refractivity contribution in [1.82, 2.24) is 58.5 Å². The Morgan fingerprint density at radius 1 is 0.330 bits per heavy atom. The highest BCUT2D eigenvalue weighted by Gasteiger charge is 2.44. The predicted molar refractivity (Wildman–Crippen MR) is 386 cm³/mol. The van der Waals surface area contributed by atoms with Crippen LogP contribution in [0.2, 0.25) is 0 Å². The lowest BCUT2D eigenvalue weighted by Crippen LogP contribution is -2.44. The van der Waals surface area contributed by atoms with Gasteiger partial charge in [-0.2, -0.15) is 0 Å². The number of unbranched alkanes of at least 4 members (excludes halogenated alkanes) is 11. The SMILES string of the molecule is CCCCCCCCOC(=O)CCNCCNCCNC(=O)CC(CC(C)(C)C(=O)CC(CC)C(=O)NCCNCCNCCC(=O)OCCCCCCCC)C(=O)C(C)(C)CC(CC(=O)C(C)(C)CC(CC(=O)NCCNCCN)C(=O)NCCCC)C(=O)NCCNCCN. The van der Waals surface area contributed by atoms with E-state index < -0.39 is 51.7 Å². The Balaban J connectivity index is 6.42. The van der Waals surface area contributed by atoms with Crippen LogP contribution in [-0.2, 0) is 57.4 Å². The number of Topliss-reactive ketones (excluding diaryl/α,β-unsaturated/α-hetero) is 3. The molecule has 97 heavy (non-hydrogen) atoms. The van der Waals surface area contributed by atoms with Gasteiger partial charge in [-0.25, -0.2) is 0 Å². The van der Waals surface area contributed by atoms with Crippen molar-refractivity contribution < 1.29 is 57.4 Å². The molecule has 0 aromatic rings. The molecule has 0 bridgehead atoms. The number of ether oxygens (including phenoxy) is 2. The minimum absolute atomic E-state index is 0.00420. The number of carbonyl (C=O) groups is 10. The average Bonchev–Trinajstić information content (AvgIpc) is 0.815. The molecule has 564 valence electrons. The molecule has 0 saturated carbocycles. The van der Waals surface area contributed by atoms with Gasteiger partial charge in [-0.15, -0.1) is 0 Å². The van der Waals surface area contributed by atoms with Crippen molar-refractivity contribution in [3.63, 3.8) is 0 Å². The maximum absolute atomic E-state index is 15.4. The van der Waals surface area contributed by atoms with E-state index in [1.165, 1.54) is 38.5 Å². The van der Waals surface area contributed by atoms with Gasteiger partial charge in [-0.1, -0.05) is 140 Å². The summed E-state index contributed by atoms with van der Waals surface area (Å²) in [6.45, 7) is 27.7. The fraction of sp³-hybridized carbons (Fsp3) is 0.861. The monoisotopic (exact) mass is 1380 g/mol. The van der Waals surface area contributed by atoms with Crippen molar-refractivity contribution in [2.75, 3.05) is 138 Å². The summed E-state index contributed by atoms with van der Waals surface area (Å²) < 4.78 is 10.7. The van der Waals surface area contributed by atoms with Crippen LogP contribution in [0.5, 0.6) is 0 Å². The minimum Gasteiger partial charge on any atom is -0.466 e. The quantitative estimate of drug-likeness (QED) is 0.0287. The van der Waals surface area contributed by atoms with E-state index in [9.17, 15) is 43.2 Å². The van der Waals surface area contributed by atoms with E-state index in [2.05, 4.69) is 72.3 Å². The van der Waals surface area contributed by atoms with Gasteiger partial charge in [0.2, 0.25) is 29.5 Å². The summed E-state index contributed by atoms with van der Waals surface area (Å²) in [4.78, 5) is 138. The normalized spacial score (nSPS) is 13.0. The minimum atomic E-state index is -1.34. The van der Waals surface area contributed by atoms with Crippen LogP contribution in [0.4, 0.5) is 0 Å². The first kappa shape index (κ1) is 92.0. The summed E-state index contributed by atoms with van der Waals surface area (Å²) in [6.07, 6.45) is 14.9. The molecule has 5 amide bonds. The Bertz CT molecular complexity index is 2190. The Labute approximate surface area is 584 Å². The molecule has 0 aliphatic carbocycles. The third kappa shape index (κ3) is 47.6. The largest absolute Gasteiger partial charge is 0.466 e. The van der Waals surface area contributed by atoms with E-state index in [0.717, 1.165) is 51.4 Å². The number of ketones is 3. The van der Waals surface area contributed by atoms with E-state index in [1.54, 1.807) is 41.5 Å². The standard InChI is InChI=1S/C72H139N13O12/c1-11-15-18-20-22-24-47-96-64(90)26-31-75-35-37-79-40-44-81-62(88)51-57(53-70(5,6)60(86)49-56(14-4)67(93)84-46-42-80-38-36-76-32-27-65(91)97-48-25-23-21-19-16-12-2)66(92)72(9,10)55-58(68(94)85-45-41-78-34-29-74)50-61(87)71(7,8)54-59(69(95)83-30-17-13-3)52-63(89)82-43-39-77-33-28-73/h56-59,75-80H,11-55,73-74H2,1-10H3,(H,81,88)(H,82,89)(H,83,95)(H,84,93)(H,85,94). The molecule has 0 saturated heterocycles. The molecule has 4 atom stereocenters. The molecule has 0 aliphatic heterocycles. The van der Waals surface area contributed by atoms with Crippen LogP contribution in [0.15, 0.2) is 0 Å². The molecular weight excluding hydrogens is 1240 g/mol. The number of hydrogen-bond donors (Lipinski definition) is 13. The molecule has 0 radical (unpaired) electrons. The van der Waals surface area contributed by atoms with Gasteiger partial charge in [0.15, 0.2) is 0 Å². The maximum atomic E-state index is 15.4. The second-order valence-corrected chi connectivity index (χ2v) is 28.0. The average molecular weight is 1380 g/mol. The van der Waals surface area contributed by atoms with Crippen molar-refractivity contribution in [2.45, 2.75) is 223 Å². The van der Waals surface area contributed by atoms with Crippen molar-refractivity contribution in [1.29, 1.82) is 0 Å². The lowest BCUT2D eigenvalue weighted by atomic mass is 9.67. The molecule has 0 spiro atoms. The maximum Gasteiger partial charge on any atom is 0.307 e. The third-order valence-corrected chi connectivity index (χ3v) is 17.6. The second kappa shape index (κ2) is 57.7. The van der Waals surface area contributed by atoms with Gasteiger partial charge in [0.1, 0.15) is 17.3 Å². The summed E-state index contributed by atoms with van der Waals surface area (Å²) in [5.41, 5.74) is 7.52. The summed E-state index contributed by atoms with van der Waals surface area (Å²) in [7, 11) is 0. The number of esters is 2. The number of rotatable bonds is 67. The summed E-state index contributed by atoms with van der Waals surface area (Å²) in [5.74, 6) is -6.92. The molecule has 0 aromatic heterocycles. The first-order chi connectivity index (χ1) is 46.3. The van der Waals surface area contributed by atoms with Crippen LogP contribution >= 0.6 is 0 Å². The van der Waals surface area contributed by atoms with Gasteiger partial charge in [0, 0.05) is 190 Å². The number of hydrogen-bond acceptors (Lipinski definition) is 20. The Morgan fingerprint density at radius 2 is 0.649 bits per heavy atom. The van der Waals surface area contributed by atoms with E-state index in [-0.39, 0.29) is 118 Å². The Kier molecular flexibility index (Phi) is 54.7. The smallest absolute Gasteiger partial charge is 0.307 e. The molecule has 0 fully saturated rings. The molecule has 0 aliphatic rings. The van der Waals surface area contributed by atoms with E-state index >= 15 is 4.79 Å². The molecule has 0 rings (SSSR count). The molecule has 25 nitrogen and oxygen atoms in total. The van der Waals surface area contributed by atoms with Crippen LogP contribution in [0, 0.1) is 39.9 Å². The highest BCUT2D eigenvalue weighted by atomic mass is 16.5. The van der Waals surface area contributed by atoms with Crippen LogP contribution in [-0.4, -0.2) is 196 Å². The zero-order valence-electron chi connectivity index (χ0n) is 62.2. The Morgan fingerprint density at radius 3 is 1.07 bits per heavy atom. The van der Waals surface area contributed by atoms with Crippen molar-refractivity contribution in [3.05, 3.63) is 0 Å². The molecule has 4 unspecified atom stereocenters. The number of amides is 5. The first-order valence-corrected chi connectivity index (χ1v) is 37.3. The lowest BCUT2D eigenvalue weighted by Gasteiger charge is -2.35. The van der Waals surface area contributed by atoms with Gasteiger partial charge in [-0.05, 0) is 44.9 Å². The van der Waals surface area contributed by atoms with Crippen LogP contribution < -0.4 is 70.0 Å². The third-order valence-electron chi connectivity index (χ3n) is 17.6. The van der Waals surface area contributed by atoms with Gasteiger partial charge in [-0.3, -0.25) is 47.9 Å². The number of carbonyl (C=O) groups excluding carboxylic acids is 10. The zero-order valence-corrected chi connectivity index (χ0v) is 62.2. The van der Waals surface area contributed by atoms with Crippen molar-refractivity contribution in [2.24, 2.45) is 51.4 Å². The van der Waals surface area contributed by atoms with Gasteiger partial charge >= 0.3 is 11.9 Å². The molecular formula is C72H139N13O12. The second-order valence-electron chi connectivity index (χ2n) is 28.0. The Hall–Kier alpha value is -5.02. The fourth-order valence-electron chi connectivity index (χ4n) is 11.4. The molecule has 0 aromatic carbocycles. The number of nitrogens with two attached hydrogens (primary N) is 2. The molecule has 15 N–H and O–H groups in total. The van der Waals surface area contributed by atoms with Gasteiger partial charge in [0.25, 0.3) is 0 Å². The van der Waals surface area contributed by atoms with Crippen LogP contribution in [0.25, 0.3) is 0 Å². The van der Waals surface area contributed by atoms with E-state index in [4.69, 9.17) is 20.9 Å². The van der Waals surface area contributed by atoms with Gasteiger partial charge in [0.05, 0.1) is 26.1 Å². The number of nitrogens with one attached hydrogen (secondary N) is 11. The summed E-state index contributed by atoms with van der Waals surface area (Å²) >= 11 is 0. The summed E-state index contributed by atoms with van der Waals surface area (Å²) in [6, 6.07) is 0. The van der Waals surface area contributed by atoms with Crippen LogP contribution in [0.3, 0.4) is 0 Å². The van der Waals surface area contributed by atoms with Gasteiger partial charge < -0.3 is 79.4 Å². The highest BCUT2D eigenvalue weighted by molar-refractivity contribution is 5.95. The predicted octanol–water partition coefficient (Wildman–Crippen LogP) is 4.80.